The molecule has 0 atom stereocenters. The largest absolute Gasteiger partial charge is 0.493 e. The summed E-state index contributed by atoms with van der Waals surface area (Å²) in [6.07, 6.45) is 1.38. The van der Waals surface area contributed by atoms with Crippen LogP contribution in [0.4, 0.5) is 0 Å². The number of hydrazone groups is 1. The van der Waals surface area contributed by atoms with Gasteiger partial charge in [-0.2, -0.15) is 5.10 Å². The number of esters is 1. The van der Waals surface area contributed by atoms with Crippen LogP contribution in [0.25, 0.3) is 10.8 Å². The van der Waals surface area contributed by atoms with E-state index in [0.29, 0.717) is 17.1 Å². The van der Waals surface area contributed by atoms with Crippen LogP contribution in [0.2, 0.25) is 5.02 Å². The Kier molecular flexibility index (Phi) is 8.75. The molecule has 4 rings (SSSR count). The fourth-order valence-corrected chi connectivity index (χ4v) is 3.95. The fraction of sp³-hybridized carbons (Fsp3) is 0.103. The Morgan fingerprint density at radius 2 is 1.59 bits per heavy atom. The summed E-state index contributed by atoms with van der Waals surface area (Å²) in [5, 5.41) is 8.42. The summed E-state index contributed by atoms with van der Waals surface area (Å²) in [6.45, 7) is -0.321. The number of nitrogens with one attached hydrogen (secondary N) is 2. The average Bonchev–Trinajstić information content (AvgIpc) is 2.96. The first-order valence-corrected chi connectivity index (χ1v) is 12.1. The maximum atomic E-state index is 13.0. The summed E-state index contributed by atoms with van der Waals surface area (Å²) in [5.41, 5.74) is 3.36. The third-order valence-corrected chi connectivity index (χ3v) is 5.99. The standard InChI is InChI=1S/C29H24ClN3O6/c1-37-25-14-12-19(15-26(25)38-2)29(36)39-24-13-11-18-7-3-4-8-20(18)22(24)16-32-33-27(34)17-31-28(35)21-9-5-6-10-23(21)30/h3-16H,17H2,1-2H3,(H,31,35)(H,33,34)/b32-16+. The maximum Gasteiger partial charge on any atom is 0.343 e. The first-order valence-electron chi connectivity index (χ1n) is 11.7. The zero-order valence-corrected chi connectivity index (χ0v) is 21.8. The van der Waals surface area contributed by atoms with Crippen molar-refractivity contribution in [2.45, 2.75) is 0 Å². The highest BCUT2D eigenvalue weighted by molar-refractivity contribution is 6.33. The normalized spacial score (nSPS) is 10.7. The zero-order chi connectivity index (χ0) is 27.8. The van der Waals surface area contributed by atoms with Crippen LogP contribution in [0.15, 0.2) is 84.0 Å². The van der Waals surface area contributed by atoms with Gasteiger partial charge in [-0.15, -0.1) is 0 Å². The predicted octanol–water partition coefficient (Wildman–Crippen LogP) is 4.61. The molecule has 198 valence electrons. The van der Waals surface area contributed by atoms with E-state index in [1.807, 2.05) is 30.3 Å². The van der Waals surface area contributed by atoms with E-state index in [-0.39, 0.29) is 28.4 Å². The summed E-state index contributed by atoms with van der Waals surface area (Å²) in [4.78, 5) is 37.5. The number of nitrogens with zero attached hydrogens (tertiary/aromatic N) is 1. The molecule has 4 aromatic rings. The van der Waals surface area contributed by atoms with Gasteiger partial charge in [-0.25, -0.2) is 10.2 Å². The number of benzene rings is 4. The summed E-state index contributed by atoms with van der Waals surface area (Å²) in [7, 11) is 2.98. The van der Waals surface area contributed by atoms with E-state index >= 15 is 0 Å². The summed E-state index contributed by atoms with van der Waals surface area (Å²) >= 11 is 6.02. The van der Waals surface area contributed by atoms with Crippen molar-refractivity contribution in [3.8, 4) is 17.2 Å². The molecule has 0 aromatic heterocycles. The van der Waals surface area contributed by atoms with E-state index in [0.717, 1.165) is 10.8 Å². The van der Waals surface area contributed by atoms with Gasteiger partial charge in [-0.05, 0) is 47.2 Å². The minimum absolute atomic E-state index is 0.235. The van der Waals surface area contributed by atoms with Gasteiger partial charge < -0.3 is 19.5 Å². The molecule has 0 aliphatic carbocycles. The maximum absolute atomic E-state index is 13.0. The Balaban J connectivity index is 1.50. The number of methoxy groups -OCH3 is 2. The van der Waals surface area contributed by atoms with Crippen LogP contribution in [0.5, 0.6) is 17.2 Å². The molecule has 0 unspecified atom stereocenters. The molecular weight excluding hydrogens is 522 g/mol. The third-order valence-electron chi connectivity index (χ3n) is 5.66. The number of rotatable bonds is 9. The summed E-state index contributed by atoms with van der Waals surface area (Å²) in [6, 6.07) is 22.1. The van der Waals surface area contributed by atoms with Gasteiger partial charge in [0.1, 0.15) is 5.75 Å². The molecular formula is C29H24ClN3O6. The molecule has 0 spiro atoms. The Bertz CT molecular complexity index is 1570. The van der Waals surface area contributed by atoms with Crippen molar-refractivity contribution >= 4 is 46.4 Å². The van der Waals surface area contributed by atoms with Gasteiger partial charge in [0, 0.05) is 5.56 Å². The molecule has 0 saturated heterocycles. The predicted molar refractivity (Wildman–Crippen MR) is 148 cm³/mol. The molecule has 0 saturated carbocycles. The molecule has 39 heavy (non-hydrogen) atoms. The quantitative estimate of drug-likeness (QED) is 0.137. The summed E-state index contributed by atoms with van der Waals surface area (Å²) < 4.78 is 16.2. The van der Waals surface area contributed by atoms with Crippen LogP contribution in [0.1, 0.15) is 26.3 Å². The molecule has 9 nitrogen and oxygen atoms in total. The monoisotopic (exact) mass is 545 g/mol. The van der Waals surface area contributed by atoms with Crippen molar-refractivity contribution in [1.82, 2.24) is 10.7 Å². The van der Waals surface area contributed by atoms with E-state index in [9.17, 15) is 14.4 Å². The Morgan fingerprint density at radius 3 is 2.36 bits per heavy atom. The molecule has 0 bridgehead atoms. The summed E-state index contributed by atoms with van der Waals surface area (Å²) in [5.74, 6) is -0.567. The molecule has 2 N–H and O–H groups in total. The Labute approximate surface area is 229 Å². The lowest BCUT2D eigenvalue weighted by molar-refractivity contribution is -0.120. The van der Waals surface area contributed by atoms with Crippen molar-refractivity contribution < 1.29 is 28.6 Å². The van der Waals surface area contributed by atoms with Crippen molar-refractivity contribution in [1.29, 1.82) is 0 Å². The lowest BCUT2D eigenvalue weighted by atomic mass is 10.0. The molecule has 0 heterocycles. The van der Waals surface area contributed by atoms with Crippen molar-refractivity contribution in [3.05, 3.63) is 101 Å². The van der Waals surface area contributed by atoms with Gasteiger partial charge in [0.15, 0.2) is 11.5 Å². The first-order chi connectivity index (χ1) is 18.9. The van der Waals surface area contributed by atoms with Crippen LogP contribution in [0, 0.1) is 0 Å². The van der Waals surface area contributed by atoms with Crippen molar-refractivity contribution in [2.75, 3.05) is 20.8 Å². The van der Waals surface area contributed by atoms with Gasteiger partial charge in [-0.1, -0.05) is 54.1 Å². The second kappa shape index (κ2) is 12.6. The third kappa shape index (κ3) is 6.52. The van der Waals surface area contributed by atoms with Gasteiger partial charge in [-0.3, -0.25) is 9.59 Å². The Hall–Kier alpha value is -4.89. The van der Waals surface area contributed by atoms with E-state index in [2.05, 4.69) is 15.8 Å². The average molecular weight is 546 g/mol. The number of hydrogen-bond donors (Lipinski definition) is 2. The van der Waals surface area contributed by atoms with Gasteiger partial charge in [0.05, 0.1) is 43.1 Å². The van der Waals surface area contributed by atoms with Gasteiger partial charge in [0.2, 0.25) is 0 Å². The van der Waals surface area contributed by atoms with Crippen LogP contribution in [-0.2, 0) is 4.79 Å². The minimum atomic E-state index is -0.618. The highest BCUT2D eigenvalue weighted by Crippen LogP contribution is 2.30. The molecule has 4 aromatic carbocycles. The van der Waals surface area contributed by atoms with Gasteiger partial charge >= 0.3 is 5.97 Å². The zero-order valence-electron chi connectivity index (χ0n) is 21.1. The van der Waals surface area contributed by atoms with E-state index in [1.54, 1.807) is 42.5 Å². The van der Waals surface area contributed by atoms with E-state index in [1.165, 1.54) is 26.5 Å². The number of amides is 2. The van der Waals surface area contributed by atoms with Crippen LogP contribution in [0.3, 0.4) is 0 Å². The Morgan fingerprint density at radius 1 is 0.872 bits per heavy atom. The number of fused-ring (bicyclic) bond motifs is 1. The van der Waals surface area contributed by atoms with Crippen LogP contribution < -0.4 is 25.0 Å². The smallest absolute Gasteiger partial charge is 0.343 e. The molecule has 0 radical (unpaired) electrons. The first kappa shape index (κ1) is 27.2. The second-order valence-electron chi connectivity index (χ2n) is 8.11. The lowest BCUT2D eigenvalue weighted by Crippen LogP contribution is -2.35. The highest BCUT2D eigenvalue weighted by atomic mass is 35.5. The molecule has 10 heteroatoms. The molecule has 0 fully saturated rings. The second-order valence-corrected chi connectivity index (χ2v) is 8.52. The van der Waals surface area contributed by atoms with Crippen molar-refractivity contribution in [2.24, 2.45) is 5.10 Å². The minimum Gasteiger partial charge on any atom is -0.493 e. The van der Waals surface area contributed by atoms with E-state index in [4.69, 9.17) is 25.8 Å². The SMILES string of the molecule is COc1ccc(C(=O)Oc2ccc3ccccc3c2/C=N/NC(=O)CNC(=O)c2ccccc2Cl)cc1OC. The fourth-order valence-electron chi connectivity index (χ4n) is 3.73. The lowest BCUT2D eigenvalue weighted by Gasteiger charge is -2.12. The van der Waals surface area contributed by atoms with E-state index < -0.39 is 17.8 Å². The van der Waals surface area contributed by atoms with Gasteiger partial charge in [0.25, 0.3) is 11.8 Å². The topological polar surface area (TPSA) is 115 Å². The highest BCUT2D eigenvalue weighted by Gasteiger charge is 2.16. The molecule has 2 amide bonds. The number of halogens is 1. The number of carbonyl (C=O) groups excluding carboxylic acids is 3. The molecule has 0 aliphatic heterocycles. The molecule has 0 aliphatic rings. The van der Waals surface area contributed by atoms with Crippen LogP contribution >= 0.6 is 11.6 Å². The van der Waals surface area contributed by atoms with Crippen molar-refractivity contribution in [3.63, 3.8) is 0 Å². The number of carbonyl (C=O) groups is 3. The van der Waals surface area contributed by atoms with Crippen LogP contribution in [-0.4, -0.2) is 44.8 Å². The number of hydrogen-bond acceptors (Lipinski definition) is 7. The number of ether oxygens (including phenoxy) is 3.